The van der Waals surface area contributed by atoms with Gasteiger partial charge in [-0.25, -0.2) is 0 Å². The summed E-state index contributed by atoms with van der Waals surface area (Å²) in [5, 5.41) is 11.3. The van der Waals surface area contributed by atoms with Gasteiger partial charge in [0, 0.05) is 12.6 Å². The molecule has 0 saturated heterocycles. The summed E-state index contributed by atoms with van der Waals surface area (Å²) >= 11 is 4.42. The summed E-state index contributed by atoms with van der Waals surface area (Å²) in [6.45, 7) is 4.55. The molecule has 5 nitrogen and oxygen atoms in total. The van der Waals surface area contributed by atoms with E-state index in [0.717, 1.165) is 24.1 Å². The minimum atomic E-state index is -0.830. The lowest BCUT2D eigenvalue weighted by Gasteiger charge is -2.53. The number of thiol groups is 1. The van der Waals surface area contributed by atoms with Gasteiger partial charge in [-0.15, -0.1) is 12.6 Å². The molecule has 0 bridgehead atoms. The second-order valence-corrected chi connectivity index (χ2v) is 11.4. The molecule has 162 valence electrons. The fourth-order valence-electron chi connectivity index (χ4n) is 4.77. The predicted molar refractivity (Wildman–Crippen MR) is 149 cm³/mol. The highest BCUT2D eigenvalue weighted by molar-refractivity contribution is 7.83. The quantitative estimate of drug-likeness (QED) is 0.218. The van der Waals surface area contributed by atoms with Gasteiger partial charge in [-0.05, 0) is 59.3 Å². The van der Waals surface area contributed by atoms with Gasteiger partial charge in [0.15, 0.2) is 13.6 Å². The fourth-order valence-corrected chi connectivity index (χ4v) is 4.86. The van der Waals surface area contributed by atoms with Crippen molar-refractivity contribution in [2.24, 2.45) is 0 Å². The Balaban J connectivity index is 2.06. The van der Waals surface area contributed by atoms with Crippen molar-refractivity contribution in [2.45, 2.75) is 42.3 Å². The van der Waals surface area contributed by atoms with E-state index in [-0.39, 0.29) is 22.1 Å². The van der Waals surface area contributed by atoms with Crippen molar-refractivity contribution < 1.29 is 9.66 Å². The molecule has 1 aliphatic heterocycles. The summed E-state index contributed by atoms with van der Waals surface area (Å²) in [6, 6.07) is 13.9. The molecule has 32 heavy (non-hydrogen) atoms. The third kappa shape index (κ3) is 5.49. The molecular weight excluding hydrogens is 414 g/mol. The van der Waals surface area contributed by atoms with Crippen LogP contribution in [-0.2, 0) is 6.54 Å². The zero-order chi connectivity index (χ0) is 23.9. The first kappa shape index (κ1) is 24.7. The molecule has 3 rings (SSSR count). The minimum absolute atomic E-state index is 0.0333. The Morgan fingerprint density at radius 1 is 1.22 bits per heavy atom. The molecule has 1 aliphatic rings. The van der Waals surface area contributed by atoms with E-state index in [2.05, 4.69) is 79.3 Å². The number of hydrogen-bond donors (Lipinski definition) is 1. The molecule has 2 aromatic rings. The van der Waals surface area contributed by atoms with Crippen LogP contribution in [0.3, 0.4) is 0 Å². The van der Waals surface area contributed by atoms with Crippen molar-refractivity contribution in [1.29, 1.82) is 0 Å². The van der Waals surface area contributed by atoms with Gasteiger partial charge in [-0.1, -0.05) is 36.4 Å². The van der Waals surface area contributed by atoms with Crippen molar-refractivity contribution in [2.75, 3.05) is 0 Å². The maximum absolute atomic E-state index is 11.6. The Kier molecular flexibility index (Phi) is 6.74. The highest BCUT2D eigenvalue weighted by atomic mass is 32.1. The second kappa shape index (κ2) is 8.75. The van der Waals surface area contributed by atoms with Crippen LogP contribution in [-0.4, -0.2) is 64.6 Å². The van der Waals surface area contributed by atoms with Crippen LogP contribution in [0.1, 0.15) is 30.0 Å². The van der Waals surface area contributed by atoms with Gasteiger partial charge >= 0.3 is 5.69 Å². The van der Waals surface area contributed by atoms with Gasteiger partial charge < -0.3 is 9.64 Å². The van der Waals surface area contributed by atoms with Crippen LogP contribution in [0.4, 0.5) is 5.69 Å². The summed E-state index contributed by atoms with van der Waals surface area (Å²) in [5.74, 6) is 0.249. The van der Waals surface area contributed by atoms with Crippen molar-refractivity contribution in [3.8, 4) is 5.75 Å². The van der Waals surface area contributed by atoms with E-state index in [4.69, 9.17) is 4.74 Å². The molecule has 0 fully saturated rings. The van der Waals surface area contributed by atoms with Crippen molar-refractivity contribution in [1.82, 2.24) is 4.90 Å². The Hall–Kier alpha value is -1.99. The van der Waals surface area contributed by atoms with E-state index in [9.17, 15) is 10.1 Å². The van der Waals surface area contributed by atoms with Crippen LogP contribution in [0, 0.1) is 17.0 Å². The number of hydrogen-bond acceptors (Lipinski definition) is 5. The predicted octanol–water partition coefficient (Wildman–Crippen LogP) is -0.352. The number of nitro groups is 1. The van der Waals surface area contributed by atoms with Crippen molar-refractivity contribution >= 4 is 63.1 Å². The molecule has 0 radical (unpaired) electrons. The molecule has 11 heteroatoms. The van der Waals surface area contributed by atoms with Crippen molar-refractivity contribution in [3.05, 3.63) is 75.3 Å². The zero-order valence-corrected chi connectivity index (χ0v) is 21.0. The SMILES string of the molecule is BC(C)(S)Oc1cc(C2=CC(B)(B)N(Cc3ccccc3)C(B)(B)C2)c(C)cc1[N+](=O)[O-]. The molecule has 1 unspecified atom stereocenters. The first-order valence-electron chi connectivity index (χ1n) is 10.9. The standard InChI is InChI=1S/C21H29B5N2O3S/c1-13-8-17(28(29)30)18(31-19(2,22)32)9-16(13)15-10-20(23,24)27(21(25,26)11-15)12-14-6-4-3-5-7-14/h3-10,32H,11-12,22-26H2,1-2H3. The maximum Gasteiger partial charge on any atom is 0.311 e. The average Bonchev–Trinajstić information content (AvgIpc) is 2.64. The van der Waals surface area contributed by atoms with Crippen LogP contribution in [0.15, 0.2) is 48.5 Å². The minimum Gasteiger partial charge on any atom is -0.480 e. The third-order valence-electron chi connectivity index (χ3n) is 5.97. The summed E-state index contributed by atoms with van der Waals surface area (Å²) in [6.07, 6.45) is 3.12. The molecule has 0 aliphatic carbocycles. The number of rotatable bonds is 6. The molecule has 1 atom stereocenters. The smallest absolute Gasteiger partial charge is 0.311 e. The molecule has 0 aromatic heterocycles. The summed E-state index contributed by atoms with van der Waals surface area (Å²) in [4.78, 5) is 12.9. The number of aryl methyl sites for hydroxylation is 1. The van der Waals surface area contributed by atoms with E-state index in [0.29, 0.717) is 0 Å². The summed E-state index contributed by atoms with van der Waals surface area (Å²) < 4.78 is 5.87. The normalized spacial score (nSPS) is 19.5. The lowest BCUT2D eigenvalue weighted by Crippen LogP contribution is -2.63. The topological polar surface area (TPSA) is 55.6 Å². The fraction of sp³-hybridized carbons (Fsp3) is 0.333. The highest BCUT2D eigenvalue weighted by Crippen LogP contribution is 2.41. The lowest BCUT2D eigenvalue weighted by atomic mass is 9.47. The van der Waals surface area contributed by atoms with Crippen LogP contribution in [0.25, 0.3) is 5.57 Å². The molecule has 0 N–H and O–H groups in total. The van der Waals surface area contributed by atoms with Gasteiger partial charge in [-0.3, -0.25) is 10.1 Å². The number of benzene rings is 2. The number of nitrogens with zero attached hydrogens (tertiary/aromatic N) is 2. The van der Waals surface area contributed by atoms with E-state index >= 15 is 0 Å². The van der Waals surface area contributed by atoms with Gasteiger partial charge in [0.05, 0.1) is 4.92 Å². The maximum atomic E-state index is 11.6. The van der Waals surface area contributed by atoms with E-state index in [1.807, 2.05) is 19.1 Å². The first-order chi connectivity index (χ1) is 14.7. The molecule has 2 aromatic carbocycles. The van der Waals surface area contributed by atoms with Crippen LogP contribution < -0.4 is 4.74 Å². The van der Waals surface area contributed by atoms with E-state index in [1.54, 1.807) is 20.8 Å². The largest absolute Gasteiger partial charge is 0.480 e. The Labute approximate surface area is 201 Å². The molecule has 0 amide bonds. The van der Waals surface area contributed by atoms with E-state index in [1.165, 1.54) is 11.1 Å². The number of ether oxygens (including phenoxy) is 1. The third-order valence-corrected chi connectivity index (χ3v) is 6.06. The van der Waals surface area contributed by atoms with Crippen LogP contribution in [0.5, 0.6) is 5.75 Å². The molecule has 0 saturated carbocycles. The second-order valence-electron chi connectivity index (χ2n) is 10.3. The van der Waals surface area contributed by atoms with Gasteiger partial charge in [0.2, 0.25) is 0 Å². The Morgan fingerprint density at radius 3 is 2.38 bits per heavy atom. The first-order valence-corrected chi connectivity index (χ1v) is 11.4. The zero-order valence-electron chi connectivity index (χ0n) is 20.1. The monoisotopic (exact) mass is 444 g/mol. The van der Waals surface area contributed by atoms with Gasteiger partial charge in [-0.2, -0.15) is 0 Å². The summed E-state index contributed by atoms with van der Waals surface area (Å²) in [7, 11) is 10.8. The Morgan fingerprint density at radius 2 is 1.84 bits per heavy atom. The lowest BCUT2D eigenvalue weighted by molar-refractivity contribution is -0.386. The van der Waals surface area contributed by atoms with Crippen LogP contribution >= 0.6 is 12.6 Å². The molecular formula is C21H29B5N2O3S. The molecule has 0 spiro atoms. The summed E-state index contributed by atoms with van der Waals surface area (Å²) in [5.41, 5.74) is 4.29. The van der Waals surface area contributed by atoms with E-state index < -0.39 is 9.76 Å². The Bertz CT molecular complexity index is 1060. The average molecular weight is 444 g/mol. The van der Waals surface area contributed by atoms with Crippen LogP contribution in [0.2, 0.25) is 0 Å². The van der Waals surface area contributed by atoms with Gasteiger partial charge in [0.1, 0.15) is 36.2 Å². The van der Waals surface area contributed by atoms with Crippen molar-refractivity contribution in [3.63, 3.8) is 0 Å². The van der Waals surface area contributed by atoms with Gasteiger partial charge in [0.25, 0.3) is 0 Å². The highest BCUT2D eigenvalue weighted by Gasteiger charge is 2.41. The number of nitro benzene ring substituents is 1. The molecule has 1 heterocycles.